The van der Waals surface area contributed by atoms with Crippen LogP contribution < -0.4 is 25.0 Å². The second kappa shape index (κ2) is 9.89. The molecular formula is C22H29FN3O2S+. The number of hydrogen-bond donors (Lipinski definition) is 3. The van der Waals surface area contributed by atoms with Crippen LogP contribution in [0.4, 0.5) is 4.39 Å². The van der Waals surface area contributed by atoms with E-state index in [0.717, 1.165) is 43.1 Å². The van der Waals surface area contributed by atoms with Crippen LogP contribution in [0.5, 0.6) is 11.5 Å². The van der Waals surface area contributed by atoms with Crippen LogP contribution in [0.25, 0.3) is 0 Å². The molecule has 156 valence electrons. The van der Waals surface area contributed by atoms with Crippen molar-refractivity contribution >= 4 is 17.3 Å². The highest BCUT2D eigenvalue weighted by molar-refractivity contribution is 7.80. The molecule has 2 aromatic rings. The van der Waals surface area contributed by atoms with Gasteiger partial charge >= 0.3 is 0 Å². The number of ether oxygens (including phenoxy) is 2. The van der Waals surface area contributed by atoms with Crippen LogP contribution in [0.1, 0.15) is 29.7 Å². The summed E-state index contributed by atoms with van der Waals surface area (Å²) < 4.78 is 24.3. The fraction of sp³-hybridized carbons (Fsp3) is 0.409. The number of rotatable bonds is 7. The first-order valence-electron chi connectivity index (χ1n) is 9.91. The number of halogens is 1. The SMILES string of the molecule is CCNC(=S)NC[C@H]1c2cc(OC)c(OC)cc2CC[NH+]1Cc1ccc(F)cc1. The van der Waals surface area contributed by atoms with E-state index in [4.69, 9.17) is 21.7 Å². The minimum atomic E-state index is -0.209. The second-order valence-corrected chi connectivity index (χ2v) is 7.57. The minimum Gasteiger partial charge on any atom is -0.493 e. The van der Waals surface area contributed by atoms with Gasteiger partial charge in [0, 0.05) is 24.1 Å². The lowest BCUT2D eigenvalue weighted by atomic mass is 9.91. The minimum absolute atomic E-state index is 0.181. The first-order chi connectivity index (χ1) is 14.0. The maximum atomic E-state index is 13.3. The number of thiocarbonyl (C=S) groups is 1. The zero-order valence-electron chi connectivity index (χ0n) is 17.2. The summed E-state index contributed by atoms with van der Waals surface area (Å²) in [7, 11) is 3.32. The highest BCUT2D eigenvalue weighted by atomic mass is 32.1. The van der Waals surface area contributed by atoms with E-state index in [9.17, 15) is 4.39 Å². The molecule has 7 heteroatoms. The van der Waals surface area contributed by atoms with Gasteiger partial charge in [0.2, 0.25) is 0 Å². The van der Waals surface area contributed by atoms with Crippen molar-refractivity contribution in [3.63, 3.8) is 0 Å². The molecule has 3 rings (SSSR count). The molecule has 0 saturated heterocycles. The Morgan fingerprint density at radius 2 is 1.83 bits per heavy atom. The summed E-state index contributed by atoms with van der Waals surface area (Å²) in [5.74, 6) is 1.27. The molecule has 29 heavy (non-hydrogen) atoms. The first-order valence-corrected chi connectivity index (χ1v) is 10.3. The Hall–Kier alpha value is -2.38. The van der Waals surface area contributed by atoms with Gasteiger partial charge in [-0.25, -0.2) is 4.39 Å². The highest BCUT2D eigenvalue weighted by Gasteiger charge is 2.32. The fourth-order valence-electron chi connectivity index (χ4n) is 3.92. The van der Waals surface area contributed by atoms with Crippen molar-refractivity contribution in [1.29, 1.82) is 0 Å². The van der Waals surface area contributed by atoms with Crippen LogP contribution >= 0.6 is 12.2 Å². The van der Waals surface area contributed by atoms with Crippen LogP contribution in [0, 0.1) is 5.82 Å². The second-order valence-electron chi connectivity index (χ2n) is 7.16. The third-order valence-corrected chi connectivity index (χ3v) is 5.67. The summed E-state index contributed by atoms with van der Waals surface area (Å²) in [6, 6.07) is 11.1. The number of benzene rings is 2. The number of methoxy groups -OCH3 is 2. The van der Waals surface area contributed by atoms with Gasteiger partial charge < -0.3 is 25.0 Å². The van der Waals surface area contributed by atoms with Crippen LogP contribution in [0.2, 0.25) is 0 Å². The highest BCUT2D eigenvalue weighted by Crippen LogP contribution is 2.34. The quantitative estimate of drug-likeness (QED) is 0.601. The molecule has 0 radical (unpaired) electrons. The average molecular weight is 419 g/mol. The summed E-state index contributed by atoms with van der Waals surface area (Å²) in [5, 5.41) is 7.15. The van der Waals surface area contributed by atoms with Gasteiger partial charge in [-0.3, -0.25) is 0 Å². The Labute approximate surface area is 177 Å². The number of nitrogens with one attached hydrogen (secondary N) is 3. The summed E-state index contributed by atoms with van der Waals surface area (Å²) in [6.45, 7) is 5.29. The van der Waals surface area contributed by atoms with Crippen LogP contribution in [-0.2, 0) is 13.0 Å². The molecule has 0 fully saturated rings. The first kappa shape index (κ1) is 21.3. The Balaban J connectivity index is 1.89. The molecule has 0 aromatic heterocycles. The van der Waals surface area contributed by atoms with Gasteiger partial charge in [0.25, 0.3) is 0 Å². The number of fused-ring (bicyclic) bond motifs is 1. The lowest BCUT2D eigenvalue weighted by molar-refractivity contribution is -0.945. The molecule has 3 N–H and O–H groups in total. The van der Waals surface area contributed by atoms with E-state index in [1.807, 2.05) is 19.1 Å². The van der Waals surface area contributed by atoms with E-state index in [-0.39, 0.29) is 11.9 Å². The maximum absolute atomic E-state index is 13.3. The largest absolute Gasteiger partial charge is 0.493 e. The summed E-state index contributed by atoms with van der Waals surface area (Å²) in [6.07, 6.45) is 0.945. The lowest BCUT2D eigenvalue weighted by Crippen LogP contribution is -3.12. The topological polar surface area (TPSA) is 47.0 Å². The standard InChI is InChI=1S/C22H28FN3O2S/c1-4-24-22(29)25-13-19-18-12-21(28-3)20(27-2)11-16(18)9-10-26(19)14-15-5-7-17(23)8-6-15/h5-8,11-12,19H,4,9-10,13-14H2,1-3H3,(H2,24,25,29)/p+1/t19-/m0/s1. The van der Waals surface area contributed by atoms with Gasteiger partial charge in [0.1, 0.15) is 18.4 Å². The molecule has 0 amide bonds. The molecule has 2 aromatic carbocycles. The predicted octanol–water partition coefficient (Wildman–Crippen LogP) is 2.01. The summed E-state index contributed by atoms with van der Waals surface area (Å²) in [4.78, 5) is 1.41. The molecule has 0 bridgehead atoms. The molecule has 2 atom stereocenters. The zero-order valence-corrected chi connectivity index (χ0v) is 18.0. The van der Waals surface area contributed by atoms with Gasteiger partial charge in [0.15, 0.2) is 16.6 Å². The van der Waals surface area contributed by atoms with Crippen molar-refractivity contribution in [2.45, 2.75) is 25.9 Å². The molecule has 1 aliphatic heterocycles. The van der Waals surface area contributed by atoms with Gasteiger partial charge in [-0.1, -0.05) is 12.1 Å². The molecule has 5 nitrogen and oxygen atoms in total. The van der Waals surface area contributed by atoms with Crippen LogP contribution in [-0.4, -0.2) is 39.0 Å². The lowest BCUT2D eigenvalue weighted by Gasteiger charge is -2.35. The maximum Gasteiger partial charge on any atom is 0.166 e. The number of hydrogen-bond acceptors (Lipinski definition) is 3. The van der Waals surface area contributed by atoms with E-state index < -0.39 is 0 Å². The van der Waals surface area contributed by atoms with E-state index >= 15 is 0 Å². The van der Waals surface area contributed by atoms with Gasteiger partial charge in [-0.15, -0.1) is 0 Å². The Morgan fingerprint density at radius 1 is 1.14 bits per heavy atom. The molecule has 1 aliphatic rings. The van der Waals surface area contributed by atoms with E-state index in [1.54, 1.807) is 14.2 Å². The molecule has 0 saturated carbocycles. The smallest absolute Gasteiger partial charge is 0.166 e. The van der Waals surface area contributed by atoms with Crippen LogP contribution in [0.15, 0.2) is 36.4 Å². The Kier molecular flexibility index (Phi) is 7.28. The number of quaternary nitrogens is 1. The Bertz CT molecular complexity index is 845. The van der Waals surface area contributed by atoms with E-state index in [0.29, 0.717) is 11.7 Å². The molecule has 1 heterocycles. The average Bonchev–Trinajstić information content (AvgIpc) is 2.73. The third kappa shape index (κ3) is 5.16. The zero-order chi connectivity index (χ0) is 20.8. The molecule has 0 aliphatic carbocycles. The van der Waals surface area contributed by atoms with Gasteiger partial charge in [-0.2, -0.15) is 0 Å². The van der Waals surface area contributed by atoms with E-state index in [2.05, 4.69) is 22.8 Å². The third-order valence-electron chi connectivity index (χ3n) is 5.38. The van der Waals surface area contributed by atoms with Gasteiger partial charge in [-0.05, 0) is 49.0 Å². The Morgan fingerprint density at radius 3 is 2.48 bits per heavy atom. The predicted molar refractivity (Wildman–Crippen MR) is 116 cm³/mol. The van der Waals surface area contributed by atoms with Crippen LogP contribution in [0.3, 0.4) is 0 Å². The van der Waals surface area contributed by atoms with E-state index in [1.165, 1.54) is 28.2 Å². The van der Waals surface area contributed by atoms with Crippen molar-refractivity contribution in [3.8, 4) is 11.5 Å². The van der Waals surface area contributed by atoms with Crippen molar-refractivity contribution in [1.82, 2.24) is 10.6 Å². The summed E-state index contributed by atoms with van der Waals surface area (Å²) >= 11 is 5.37. The molecular weight excluding hydrogens is 389 g/mol. The monoisotopic (exact) mass is 418 g/mol. The van der Waals surface area contributed by atoms with Crippen molar-refractivity contribution in [3.05, 3.63) is 58.9 Å². The molecule has 0 spiro atoms. The van der Waals surface area contributed by atoms with Crippen molar-refractivity contribution < 1.29 is 18.8 Å². The molecule has 1 unspecified atom stereocenters. The van der Waals surface area contributed by atoms with Crippen molar-refractivity contribution in [2.24, 2.45) is 0 Å². The summed E-state index contributed by atoms with van der Waals surface area (Å²) in [5.41, 5.74) is 3.62. The van der Waals surface area contributed by atoms with Gasteiger partial charge in [0.05, 0.1) is 27.3 Å². The fourth-order valence-corrected chi connectivity index (χ4v) is 4.14. The normalized spacial score (nSPS) is 17.9. The van der Waals surface area contributed by atoms with Crippen molar-refractivity contribution in [2.75, 3.05) is 33.9 Å².